The van der Waals surface area contributed by atoms with Gasteiger partial charge in [0.05, 0.1) is 11.9 Å². The normalized spacial score (nSPS) is 10.8. The molecule has 1 aromatic heterocycles. The standard InChI is InChI=1S/C23H18FN3O2/c24-18-12-10-16(11-13-18)14-25-22(28)21-19-8-4-5-9-20(19)23(29)27(26-21)15-17-6-2-1-3-7-17/h1-13H,14-15H2,(H,25,28). The third-order valence-corrected chi connectivity index (χ3v) is 4.62. The van der Waals surface area contributed by atoms with Crippen LogP contribution < -0.4 is 10.9 Å². The van der Waals surface area contributed by atoms with Gasteiger partial charge in [0.25, 0.3) is 11.5 Å². The number of carbonyl (C=O) groups excluding carboxylic acids is 1. The molecule has 0 atom stereocenters. The van der Waals surface area contributed by atoms with Crippen LogP contribution >= 0.6 is 0 Å². The van der Waals surface area contributed by atoms with Gasteiger partial charge in [0.2, 0.25) is 0 Å². The van der Waals surface area contributed by atoms with Crippen LogP contribution in [0.5, 0.6) is 0 Å². The maximum absolute atomic E-state index is 13.1. The predicted molar refractivity (Wildman–Crippen MR) is 109 cm³/mol. The number of halogens is 1. The smallest absolute Gasteiger partial charge is 0.274 e. The summed E-state index contributed by atoms with van der Waals surface area (Å²) < 4.78 is 14.4. The lowest BCUT2D eigenvalue weighted by atomic mass is 10.1. The second-order valence-electron chi connectivity index (χ2n) is 6.65. The molecule has 3 aromatic carbocycles. The van der Waals surface area contributed by atoms with E-state index in [9.17, 15) is 14.0 Å². The molecule has 1 heterocycles. The number of carbonyl (C=O) groups is 1. The topological polar surface area (TPSA) is 64.0 Å². The van der Waals surface area contributed by atoms with E-state index >= 15 is 0 Å². The minimum atomic E-state index is -0.396. The van der Waals surface area contributed by atoms with Crippen LogP contribution in [0.4, 0.5) is 4.39 Å². The van der Waals surface area contributed by atoms with Gasteiger partial charge in [-0.3, -0.25) is 9.59 Å². The van der Waals surface area contributed by atoms with Crippen molar-refractivity contribution in [1.29, 1.82) is 0 Å². The number of nitrogens with zero attached hydrogens (tertiary/aromatic N) is 2. The first kappa shape index (κ1) is 18.6. The highest BCUT2D eigenvalue weighted by molar-refractivity contribution is 6.04. The monoisotopic (exact) mass is 387 g/mol. The number of hydrogen-bond donors (Lipinski definition) is 1. The zero-order valence-electron chi connectivity index (χ0n) is 15.5. The lowest BCUT2D eigenvalue weighted by molar-refractivity contribution is 0.0945. The molecule has 0 fully saturated rings. The Morgan fingerprint density at radius 2 is 1.52 bits per heavy atom. The molecular formula is C23H18FN3O2. The van der Waals surface area contributed by atoms with E-state index in [0.29, 0.717) is 10.8 Å². The van der Waals surface area contributed by atoms with Gasteiger partial charge in [0.1, 0.15) is 5.82 Å². The maximum Gasteiger partial charge on any atom is 0.274 e. The Morgan fingerprint density at radius 3 is 2.24 bits per heavy atom. The van der Waals surface area contributed by atoms with Gasteiger partial charge in [-0.25, -0.2) is 9.07 Å². The Balaban J connectivity index is 1.68. The van der Waals surface area contributed by atoms with E-state index in [4.69, 9.17) is 0 Å². The van der Waals surface area contributed by atoms with Gasteiger partial charge in [-0.1, -0.05) is 60.7 Å². The first-order valence-electron chi connectivity index (χ1n) is 9.18. The van der Waals surface area contributed by atoms with Crippen molar-refractivity contribution in [3.8, 4) is 0 Å². The molecular weight excluding hydrogens is 369 g/mol. The summed E-state index contributed by atoms with van der Waals surface area (Å²) in [5, 5.41) is 8.09. The number of benzene rings is 3. The Hall–Kier alpha value is -3.80. The van der Waals surface area contributed by atoms with Crippen molar-refractivity contribution in [2.75, 3.05) is 0 Å². The first-order chi connectivity index (χ1) is 14.1. The summed E-state index contributed by atoms with van der Waals surface area (Å²) in [7, 11) is 0. The van der Waals surface area contributed by atoms with Gasteiger partial charge in [-0.2, -0.15) is 5.10 Å². The van der Waals surface area contributed by atoms with E-state index in [1.165, 1.54) is 16.8 Å². The fraction of sp³-hybridized carbons (Fsp3) is 0.0870. The van der Waals surface area contributed by atoms with Crippen LogP contribution in [0.1, 0.15) is 21.6 Å². The van der Waals surface area contributed by atoms with Crippen molar-refractivity contribution in [3.05, 3.63) is 112 Å². The van der Waals surface area contributed by atoms with E-state index in [1.807, 2.05) is 30.3 Å². The van der Waals surface area contributed by atoms with E-state index in [2.05, 4.69) is 10.4 Å². The highest BCUT2D eigenvalue weighted by Gasteiger charge is 2.16. The van der Waals surface area contributed by atoms with Crippen LogP contribution in [0.15, 0.2) is 83.7 Å². The lowest BCUT2D eigenvalue weighted by Crippen LogP contribution is -2.30. The molecule has 4 aromatic rings. The minimum Gasteiger partial charge on any atom is -0.347 e. The van der Waals surface area contributed by atoms with Crippen molar-refractivity contribution in [3.63, 3.8) is 0 Å². The van der Waals surface area contributed by atoms with Crippen LogP contribution in [0.25, 0.3) is 10.8 Å². The highest BCUT2D eigenvalue weighted by Crippen LogP contribution is 2.14. The third kappa shape index (κ3) is 4.06. The van der Waals surface area contributed by atoms with Crippen molar-refractivity contribution in [2.24, 2.45) is 0 Å². The molecule has 0 aliphatic rings. The van der Waals surface area contributed by atoms with Crippen molar-refractivity contribution >= 4 is 16.7 Å². The molecule has 4 rings (SSSR count). The SMILES string of the molecule is O=C(NCc1ccc(F)cc1)c1nn(Cc2ccccc2)c(=O)c2ccccc12. The Kier molecular flexibility index (Phi) is 5.16. The first-order valence-corrected chi connectivity index (χ1v) is 9.18. The number of nitrogens with one attached hydrogen (secondary N) is 1. The van der Waals surface area contributed by atoms with Crippen LogP contribution in [-0.4, -0.2) is 15.7 Å². The van der Waals surface area contributed by atoms with Gasteiger partial charge in [-0.15, -0.1) is 0 Å². The summed E-state index contributed by atoms with van der Waals surface area (Å²) in [6.07, 6.45) is 0. The summed E-state index contributed by atoms with van der Waals surface area (Å²) in [5.74, 6) is -0.729. The minimum absolute atomic E-state index is 0.179. The third-order valence-electron chi connectivity index (χ3n) is 4.62. The van der Waals surface area contributed by atoms with E-state index in [1.54, 1.807) is 36.4 Å². The molecule has 6 heteroatoms. The summed E-state index contributed by atoms with van der Waals surface area (Å²) in [4.78, 5) is 25.7. The highest BCUT2D eigenvalue weighted by atomic mass is 19.1. The van der Waals surface area contributed by atoms with Crippen LogP contribution in [0, 0.1) is 5.82 Å². The quantitative estimate of drug-likeness (QED) is 0.570. The summed E-state index contributed by atoms with van der Waals surface area (Å²) >= 11 is 0. The molecule has 5 nitrogen and oxygen atoms in total. The fourth-order valence-corrected chi connectivity index (χ4v) is 3.13. The number of amides is 1. The van der Waals surface area contributed by atoms with Gasteiger partial charge >= 0.3 is 0 Å². The second kappa shape index (κ2) is 8.06. The second-order valence-corrected chi connectivity index (χ2v) is 6.65. The van der Waals surface area contributed by atoms with Crippen molar-refractivity contribution in [2.45, 2.75) is 13.1 Å². The van der Waals surface area contributed by atoms with E-state index < -0.39 is 5.91 Å². The molecule has 0 unspecified atom stereocenters. The fourth-order valence-electron chi connectivity index (χ4n) is 3.13. The van der Waals surface area contributed by atoms with Crippen LogP contribution in [-0.2, 0) is 13.1 Å². The summed E-state index contributed by atoms with van der Waals surface area (Å²) in [6.45, 7) is 0.496. The molecule has 0 aliphatic heterocycles. The van der Waals surface area contributed by atoms with E-state index in [0.717, 1.165) is 11.1 Å². The summed E-state index contributed by atoms with van der Waals surface area (Å²) in [6, 6.07) is 22.3. The molecule has 1 amide bonds. The number of fused-ring (bicyclic) bond motifs is 1. The molecule has 144 valence electrons. The summed E-state index contributed by atoms with van der Waals surface area (Å²) in [5.41, 5.74) is 1.61. The molecule has 0 saturated heterocycles. The molecule has 0 radical (unpaired) electrons. The lowest BCUT2D eigenvalue weighted by Gasteiger charge is -2.11. The Bertz CT molecular complexity index is 1220. The van der Waals surface area contributed by atoms with Gasteiger partial charge in [0, 0.05) is 11.9 Å². The van der Waals surface area contributed by atoms with E-state index in [-0.39, 0.29) is 30.2 Å². The Labute approximate surface area is 166 Å². The molecule has 0 spiro atoms. The van der Waals surface area contributed by atoms with Crippen molar-refractivity contribution < 1.29 is 9.18 Å². The van der Waals surface area contributed by atoms with Gasteiger partial charge in [0.15, 0.2) is 5.69 Å². The average molecular weight is 387 g/mol. The van der Waals surface area contributed by atoms with Gasteiger partial charge in [-0.05, 0) is 29.3 Å². The van der Waals surface area contributed by atoms with Crippen molar-refractivity contribution in [1.82, 2.24) is 15.1 Å². The molecule has 1 N–H and O–H groups in total. The molecule has 0 bridgehead atoms. The van der Waals surface area contributed by atoms with Gasteiger partial charge < -0.3 is 5.32 Å². The molecule has 0 saturated carbocycles. The maximum atomic E-state index is 13.1. The predicted octanol–water partition coefficient (Wildman–Crippen LogP) is 3.51. The average Bonchev–Trinajstić information content (AvgIpc) is 2.76. The largest absolute Gasteiger partial charge is 0.347 e. The van der Waals surface area contributed by atoms with Crippen LogP contribution in [0.2, 0.25) is 0 Å². The number of hydrogen-bond acceptors (Lipinski definition) is 3. The van der Waals surface area contributed by atoms with Crippen LogP contribution in [0.3, 0.4) is 0 Å². The zero-order valence-corrected chi connectivity index (χ0v) is 15.5. The zero-order chi connectivity index (χ0) is 20.2. The number of rotatable bonds is 5. The number of aromatic nitrogens is 2. The molecule has 0 aliphatic carbocycles. The molecule has 29 heavy (non-hydrogen) atoms. The Morgan fingerprint density at radius 1 is 0.862 bits per heavy atom.